The number of nitrogens with one attached hydrogen (secondary N) is 1. The molecule has 0 aliphatic heterocycles. The van der Waals surface area contributed by atoms with Gasteiger partial charge in [-0.2, -0.15) is 0 Å². The van der Waals surface area contributed by atoms with Gasteiger partial charge in [0.15, 0.2) is 6.10 Å². The van der Waals surface area contributed by atoms with Crippen LogP contribution in [0.15, 0.2) is 54.6 Å². The van der Waals surface area contributed by atoms with Crippen molar-refractivity contribution in [2.45, 2.75) is 33.8 Å². The van der Waals surface area contributed by atoms with Crippen LogP contribution in [0.1, 0.15) is 42.3 Å². The Labute approximate surface area is 165 Å². The number of esters is 1. The molecule has 1 amide bonds. The average molecular weight is 379 g/mol. The third kappa shape index (κ3) is 5.91. The van der Waals surface area contributed by atoms with Crippen LogP contribution in [0.4, 0.5) is 5.69 Å². The third-order valence-electron chi connectivity index (χ3n) is 4.21. The van der Waals surface area contributed by atoms with Gasteiger partial charge in [0.25, 0.3) is 0 Å². The van der Waals surface area contributed by atoms with E-state index in [1.807, 2.05) is 31.2 Å². The summed E-state index contributed by atoms with van der Waals surface area (Å²) in [5.74, 6) is -1.11. The number of ketones is 1. The number of hydrogen-bond donors (Lipinski definition) is 1. The topological polar surface area (TPSA) is 72.5 Å². The zero-order chi connectivity index (χ0) is 20.7. The number of carbonyl (C=O) groups excluding carboxylic acids is 3. The Morgan fingerprint density at radius 3 is 2.21 bits per heavy atom. The molecule has 0 spiro atoms. The molecule has 0 aliphatic carbocycles. The molecular weight excluding hydrogens is 354 g/mol. The van der Waals surface area contributed by atoms with Gasteiger partial charge >= 0.3 is 5.97 Å². The first-order valence-electron chi connectivity index (χ1n) is 9.17. The van der Waals surface area contributed by atoms with E-state index in [2.05, 4.69) is 5.32 Å². The van der Waals surface area contributed by atoms with Crippen molar-refractivity contribution in [2.75, 3.05) is 5.32 Å². The molecule has 0 bridgehead atoms. The second-order valence-electron chi connectivity index (χ2n) is 6.85. The van der Waals surface area contributed by atoms with E-state index in [1.165, 1.54) is 13.0 Å². The summed E-state index contributed by atoms with van der Waals surface area (Å²) in [5.41, 5.74) is 2.98. The molecule has 0 aliphatic rings. The van der Waals surface area contributed by atoms with Crippen molar-refractivity contribution in [1.82, 2.24) is 0 Å². The molecule has 146 valence electrons. The Bertz CT molecular complexity index is 882. The van der Waals surface area contributed by atoms with Crippen LogP contribution in [0.3, 0.4) is 0 Å². The van der Waals surface area contributed by atoms with Crippen molar-refractivity contribution in [2.24, 2.45) is 5.92 Å². The van der Waals surface area contributed by atoms with E-state index in [0.29, 0.717) is 11.3 Å². The van der Waals surface area contributed by atoms with E-state index < -0.39 is 12.1 Å². The highest BCUT2D eigenvalue weighted by atomic mass is 16.5. The molecule has 0 heterocycles. The van der Waals surface area contributed by atoms with Crippen LogP contribution in [0, 0.1) is 12.8 Å². The molecule has 0 aromatic heterocycles. The number of amides is 1. The summed E-state index contributed by atoms with van der Waals surface area (Å²) < 4.78 is 5.21. The van der Waals surface area contributed by atoms with Gasteiger partial charge in [0, 0.05) is 23.2 Å². The lowest BCUT2D eigenvalue weighted by molar-refractivity contribution is -0.140. The second kappa shape index (κ2) is 9.65. The fourth-order valence-electron chi connectivity index (χ4n) is 2.44. The Balaban J connectivity index is 1.95. The van der Waals surface area contributed by atoms with Gasteiger partial charge in [0.05, 0.1) is 0 Å². The fourth-order valence-corrected chi connectivity index (χ4v) is 2.44. The maximum Gasteiger partial charge on any atom is 0.331 e. The van der Waals surface area contributed by atoms with E-state index in [4.69, 9.17) is 4.74 Å². The minimum atomic E-state index is -0.912. The first-order chi connectivity index (χ1) is 13.3. The molecule has 5 nitrogen and oxygen atoms in total. The number of aryl methyl sites for hydroxylation is 1. The van der Waals surface area contributed by atoms with Gasteiger partial charge in [-0.1, -0.05) is 38.1 Å². The van der Waals surface area contributed by atoms with E-state index in [-0.39, 0.29) is 17.6 Å². The Hall–Kier alpha value is -3.21. The molecule has 2 aromatic carbocycles. The van der Waals surface area contributed by atoms with Crippen molar-refractivity contribution >= 4 is 29.4 Å². The largest absolute Gasteiger partial charge is 0.451 e. The van der Waals surface area contributed by atoms with Crippen LogP contribution in [-0.4, -0.2) is 23.8 Å². The summed E-state index contributed by atoms with van der Waals surface area (Å²) in [6.45, 7) is 7.09. The minimum Gasteiger partial charge on any atom is -0.451 e. The smallest absolute Gasteiger partial charge is 0.331 e. The van der Waals surface area contributed by atoms with Crippen molar-refractivity contribution in [3.05, 3.63) is 71.3 Å². The fraction of sp³-hybridized carbons (Fsp3) is 0.261. The predicted molar refractivity (Wildman–Crippen MR) is 110 cm³/mol. The summed E-state index contributed by atoms with van der Waals surface area (Å²) in [4.78, 5) is 36.2. The standard InChI is InChI=1S/C23H25NO4/c1-15(2)23(27)24-20-12-9-19(10-13-20)22(26)17(4)28-21(25)14-11-18-8-6-5-7-16(18)3/h5-15,17H,1-4H3,(H,24,27)/b14-11+/t17-/m0/s1. The van der Waals surface area contributed by atoms with Gasteiger partial charge in [0.1, 0.15) is 0 Å². The number of ether oxygens (including phenoxy) is 1. The zero-order valence-electron chi connectivity index (χ0n) is 16.6. The number of carbonyl (C=O) groups is 3. The van der Waals surface area contributed by atoms with Crippen LogP contribution in [-0.2, 0) is 14.3 Å². The van der Waals surface area contributed by atoms with Crippen molar-refractivity contribution in [3.8, 4) is 0 Å². The molecule has 0 radical (unpaired) electrons. The van der Waals surface area contributed by atoms with Crippen molar-refractivity contribution in [3.63, 3.8) is 0 Å². The van der Waals surface area contributed by atoms with Crippen LogP contribution >= 0.6 is 0 Å². The predicted octanol–water partition coefficient (Wildman–Crippen LogP) is 4.42. The summed E-state index contributed by atoms with van der Waals surface area (Å²) in [7, 11) is 0. The van der Waals surface area contributed by atoms with Crippen LogP contribution in [0.25, 0.3) is 6.08 Å². The first-order valence-corrected chi connectivity index (χ1v) is 9.17. The molecule has 5 heteroatoms. The van der Waals surface area contributed by atoms with Crippen molar-refractivity contribution in [1.29, 1.82) is 0 Å². The third-order valence-corrected chi connectivity index (χ3v) is 4.21. The number of Topliss-reactive ketones (excluding diaryl/α,β-unsaturated/α-hetero) is 1. The lowest BCUT2D eigenvalue weighted by Crippen LogP contribution is -2.23. The van der Waals surface area contributed by atoms with E-state index in [0.717, 1.165) is 11.1 Å². The molecule has 2 rings (SSSR count). The molecule has 0 saturated heterocycles. The van der Waals surface area contributed by atoms with Crippen molar-refractivity contribution < 1.29 is 19.1 Å². The molecule has 1 atom stereocenters. The monoisotopic (exact) mass is 379 g/mol. The maximum absolute atomic E-state index is 12.5. The van der Waals surface area contributed by atoms with E-state index in [1.54, 1.807) is 44.2 Å². The minimum absolute atomic E-state index is 0.0955. The number of benzene rings is 2. The van der Waals surface area contributed by atoms with Crippen LogP contribution in [0.2, 0.25) is 0 Å². The number of rotatable bonds is 7. The summed E-state index contributed by atoms with van der Waals surface area (Å²) in [6.07, 6.45) is 2.07. The molecule has 0 unspecified atom stereocenters. The van der Waals surface area contributed by atoms with Gasteiger partial charge in [-0.3, -0.25) is 9.59 Å². The highest BCUT2D eigenvalue weighted by Crippen LogP contribution is 2.14. The molecule has 0 fully saturated rings. The lowest BCUT2D eigenvalue weighted by Gasteiger charge is -2.12. The molecule has 1 N–H and O–H groups in total. The van der Waals surface area contributed by atoms with Gasteiger partial charge in [0.2, 0.25) is 11.7 Å². The highest BCUT2D eigenvalue weighted by molar-refractivity contribution is 6.01. The molecular formula is C23H25NO4. The maximum atomic E-state index is 12.5. The van der Waals surface area contributed by atoms with Gasteiger partial charge in [-0.25, -0.2) is 4.79 Å². The van der Waals surface area contributed by atoms with E-state index in [9.17, 15) is 14.4 Å². The first kappa shape index (κ1) is 21.1. The molecule has 0 saturated carbocycles. The Kier molecular flexibility index (Phi) is 7.27. The summed E-state index contributed by atoms with van der Waals surface area (Å²) >= 11 is 0. The van der Waals surface area contributed by atoms with E-state index >= 15 is 0 Å². The number of hydrogen-bond acceptors (Lipinski definition) is 4. The van der Waals surface area contributed by atoms with Gasteiger partial charge in [-0.05, 0) is 55.3 Å². The normalized spacial score (nSPS) is 12.0. The Morgan fingerprint density at radius 2 is 1.61 bits per heavy atom. The van der Waals surface area contributed by atoms with Crippen LogP contribution in [0.5, 0.6) is 0 Å². The zero-order valence-corrected chi connectivity index (χ0v) is 16.6. The highest BCUT2D eigenvalue weighted by Gasteiger charge is 2.18. The summed E-state index contributed by atoms with van der Waals surface area (Å²) in [5, 5.41) is 2.76. The lowest BCUT2D eigenvalue weighted by atomic mass is 10.1. The Morgan fingerprint density at radius 1 is 0.964 bits per heavy atom. The average Bonchev–Trinajstić information content (AvgIpc) is 2.67. The number of anilines is 1. The second-order valence-corrected chi connectivity index (χ2v) is 6.85. The van der Waals surface area contributed by atoms with Gasteiger partial charge in [-0.15, -0.1) is 0 Å². The summed E-state index contributed by atoms with van der Waals surface area (Å²) in [6, 6.07) is 14.2. The van der Waals surface area contributed by atoms with Crippen LogP contribution < -0.4 is 5.32 Å². The molecule has 2 aromatic rings. The molecule has 28 heavy (non-hydrogen) atoms. The SMILES string of the molecule is Cc1ccccc1/C=C/C(=O)O[C@@H](C)C(=O)c1ccc(NC(=O)C(C)C)cc1. The van der Waals surface area contributed by atoms with Gasteiger partial charge < -0.3 is 10.1 Å². The quantitative estimate of drug-likeness (QED) is 0.439.